The standard InChI is InChI=1S/C20H17N3O2/c1-25-15-8-7-14-9-16-17(21)11-19(24)23(20(16)22-18(14)10-15)12-13-5-3-2-4-6-13/h2-11H,12,21H2,1H3. The molecule has 4 rings (SSSR count). The molecular weight excluding hydrogens is 314 g/mol. The Kier molecular flexibility index (Phi) is 3.61. The molecule has 0 atom stereocenters. The Hall–Kier alpha value is -3.34. The van der Waals surface area contributed by atoms with Gasteiger partial charge < -0.3 is 10.5 Å². The van der Waals surface area contributed by atoms with E-state index in [2.05, 4.69) is 0 Å². The van der Waals surface area contributed by atoms with Crippen molar-refractivity contribution < 1.29 is 4.74 Å². The summed E-state index contributed by atoms with van der Waals surface area (Å²) in [6.07, 6.45) is 0. The van der Waals surface area contributed by atoms with Gasteiger partial charge >= 0.3 is 0 Å². The van der Waals surface area contributed by atoms with Crippen LogP contribution < -0.4 is 16.0 Å². The Morgan fingerprint density at radius 1 is 1.08 bits per heavy atom. The average molecular weight is 331 g/mol. The minimum Gasteiger partial charge on any atom is -0.497 e. The molecule has 0 aliphatic rings. The first-order chi connectivity index (χ1) is 12.2. The second kappa shape index (κ2) is 5.94. The lowest BCUT2D eigenvalue weighted by Crippen LogP contribution is -2.22. The monoisotopic (exact) mass is 331 g/mol. The molecule has 0 saturated carbocycles. The number of hydrogen-bond acceptors (Lipinski definition) is 4. The molecule has 2 heterocycles. The number of aromatic nitrogens is 2. The smallest absolute Gasteiger partial charge is 0.254 e. The van der Waals surface area contributed by atoms with Crippen LogP contribution in [0.25, 0.3) is 21.9 Å². The number of nitrogen functional groups attached to an aromatic ring is 1. The van der Waals surface area contributed by atoms with E-state index >= 15 is 0 Å². The maximum Gasteiger partial charge on any atom is 0.254 e. The van der Waals surface area contributed by atoms with Crippen molar-refractivity contribution in [2.75, 3.05) is 12.8 Å². The summed E-state index contributed by atoms with van der Waals surface area (Å²) in [5.41, 5.74) is 8.74. The topological polar surface area (TPSA) is 70.1 Å². The van der Waals surface area contributed by atoms with E-state index in [0.29, 0.717) is 17.9 Å². The first kappa shape index (κ1) is 15.2. The van der Waals surface area contributed by atoms with Gasteiger partial charge in [-0.05, 0) is 23.8 Å². The third kappa shape index (κ3) is 2.70. The van der Waals surface area contributed by atoms with Gasteiger partial charge in [-0.3, -0.25) is 9.36 Å². The number of hydrogen-bond donors (Lipinski definition) is 1. The Morgan fingerprint density at radius 3 is 2.64 bits per heavy atom. The lowest BCUT2D eigenvalue weighted by atomic mass is 10.1. The Labute approximate surface area is 144 Å². The quantitative estimate of drug-likeness (QED) is 0.585. The van der Waals surface area contributed by atoms with Crippen LogP contribution in [0.1, 0.15) is 5.56 Å². The fourth-order valence-corrected chi connectivity index (χ4v) is 2.99. The molecule has 0 radical (unpaired) electrons. The van der Waals surface area contributed by atoms with Gasteiger partial charge in [-0.25, -0.2) is 4.98 Å². The maximum absolute atomic E-state index is 12.5. The van der Waals surface area contributed by atoms with Crippen molar-refractivity contribution in [2.45, 2.75) is 6.54 Å². The molecule has 0 aliphatic carbocycles. The van der Waals surface area contributed by atoms with Gasteiger partial charge in [0.15, 0.2) is 0 Å². The highest BCUT2D eigenvalue weighted by molar-refractivity contribution is 5.97. The van der Waals surface area contributed by atoms with E-state index in [1.165, 1.54) is 6.07 Å². The highest BCUT2D eigenvalue weighted by atomic mass is 16.5. The highest BCUT2D eigenvalue weighted by Gasteiger charge is 2.11. The Morgan fingerprint density at radius 2 is 1.88 bits per heavy atom. The molecule has 5 nitrogen and oxygen atoms in total. The first-order valence-corrected chi connectivity index (χ1v) is 7.97. The zero-order valence-electron chi connectivity index (χ0n) is 13.8. The number of pyridine rings is 2. The van der Waals surface area contributed by atoms with Crippen molar-refractivity contribution >= 4 is 27.6 Å². The van der Waals surface area contributed by atoms with Gasteiger partial charge in [0.25, 0.3) is 5.56 Å². The number of methoxy groups -OCH3 is 1. The number of ether oxygens (including phenoxy) is 1. The zero-order chi connectivity index (χ0) is 17.4. The normalized spacial score (nSPS) is 11.1. The van der Waals surface area contributed by atoms with Crippen LogP contribution in [0, 0.1) is 0 Å². The molecule has 2 N–H and O–H groups in total. The van der Waals surface area contributed by atoms with E-state index in [0.717, 1.165) is 27.6 Å². The Bertz CT molecular complexity index is 1130. The third-order valence-electron chi connectivity index (χ3n) is 4.30. The van der Waals surface area contributed by atoms with Crippen molar-refractivity contribution in [1.82, 2.24) is 9.55 Å². The lowest BCUT2D eigenvalue weighted by molar-refractivity contribution is 0.415. The predicted octanol–water partition coefficient (Wildman–Crippen LogP) is 3.19. The summed E-state index contributed by atoms with van der Waals surface area (Å²) in [7, 11) is 1.62. The molecular formula is C20H17N3O2. The van der Waals surface area contributed by atoms with Gasteiger partial charge in [0.1, 0.15) is 11.4 Å². The van der Waals surface area contributed by atoms with Crippen molar-refractivity contribution in [1.29, 1.82) is 0 Å². The second-order valence-corrected chi connectivity index (χ2v) is 5.93. The van der Waals surface area contributed by atoms with Crippen LogP contribution in [0.4, 0.5) is 5.69 Å². The number of nitrogens with zero attached hydrogens (tertiary/aromatic N) is 2. The molecule has 0 bridgehead atoms. The number of nitrogens with two attached hydrogens (primary N) is 1. The van der Waals surface area contributed by atoms with Gasteiger partial charge in [-0.15, -0.1) is 0 Å². The SMILES string of the molecule is COc1ccc2cc3c(N)cc(=O)n(Cc4ccccc4)c3nc2c1. The Balaban J connectivity index is 2.00. The minimum absolute atomic E-state index is 0.163. The summed E-state index contributed by atoms with van der Waals surface area (Å²) in [5, 5.41) is 1.72. The van der Waals surface area contributed by atoms with Crippen molar-refractivity contribution in [3.8, 4) is 5.75 Å². The van der Waals surface area contributed by atoms with Crippen LogP contribution in [-0.2, 0) is 6.54 Å². The van der Waals surface area contributed by atoms with E-state index in [9.17, 15) is 4.79 Å². The molecule has 0 aliphatic heterocycles. The zero-order valence-corrected chi connectivity index (χ0v) is 13.8. The van der Waals surface area contributed by atoms with Crippen molar-refractivity contribution in [2.24, 2.45) is 0 Å². The average Bonchev–Trinajstić information content (AvgIpc) is 2.64. The van der Waals surface area contributed by atoms with E-state index in [4.69, 9.17) is 15.5 Å². The maximum atomic E-state index is 12.5. The van der Waals surface area contributed by atoms with Crippen LogP contribution in [0.3, 0.4) is 0 Å². The summed E-state index contributed by atoms with van der Waals surface area (Å²) >= 11 is 0. The van der Waals surface area contributed by atoms with E-state index in [1.54, 1.807) is 11.7 Å². The lowest BCUT2D eigenvalue weighted by Gasteiger charge is -2.12. The largest absolute Gasteiger partial charge is 0.497 e. The molecule has 2 aromatic heterocycles. The molecule has 0 fully saturated rings. The number of rotatable bonds is 3. The number of anilines is 1. The molecule has 0 amide bonds. The van der Waals surface area contributed by atoms with Crippen LogP contribution >= 0.6 is 0 Å². The summed E-state index contributed by atoms with van der Waals surface area (Å²) in [6.45, 7) is 0.443. The van der Waals surface area contributed by atoms with E-state index in [-0.39, 0.29) is 5.56 Å². The molecule has 25 heavy (non-hydrogen) atoms. The second-order valence-electron chi connectivity index (χ2n) is 5.93. The number of benzene rings is 2. The van der Waals surface area contributed by atoms with E-state index < -0.39 is 0 Å². The van der Waals surface area contributed by atoms with Crippen LogP contribution in [0.2, 0.25) is 0 Å². The summed E-state index contributed by atoms with van der Waals surface area (Å²) in [5.74, 6) is 0.722. The molecule has 2 aromatic carbocycles. The third-order valence-corrected chi connectivity index (χ3v) is 4.30. The molecule has 0 unspecified atom stereocenters. The van der Waals surface area contributed by atoms with Crippen molar-refractivity contribution in [3.05, 3.63) is 76.6 Å². The summed E-state index contributed by atoms with van der Waals surface area (Å²) in [6, 6.07) is 18.9. The first-order valence-electron chi connectivity index (χ1n) is 7.97. The molecule has 5 heteroatoms. The number of fused-ring (bicyclic) bond motifs is 2. The summed E-state index contributed by atoms with van der Waals surface area (Å²) < 4.78 is 6.93. The van der Waals surface area contributed by atoms with Gasteiger partial charge in [0.2, 0.25) is 0 Å². The molecule has 4 aromatic rings. The molecule has 0 saturated heterocycles. The molecule has 0 spiro atoms. The van der Waals surface area contributed by atoms with Gasteiger partial charge in [-0.1, -0.05) is 30.3 Å². The highest BCUT2D eigenvalue weighted by Crippen LogP contribution is 2.26. The van der Waals surface area contributed by atoms with Gasteiger partial charge in [0, 0.05) is 28.6 Å². The van der Waals surface area contributed by atoms with Gasteiger partial charge in [0.05, 0.1) is 19.2 Å². The fourth-order valence-electron chi connectivity index (χ4n) is 2.99. The van der Waals surface area contributed by atoms with Crippen LogP contribution in [0.5, 0.6) is 5.75 Å². The predicted molar refractivity (Wildman–Crippen MR) is 100 cm³/mol. The molecule has 124 valence electrons. The fraction of sp³-hybridized carbons (Fsp3) is 0.100. The van der Waals surface area contributed by atoms with Gasteiger partial charge in [-0.2, -0.15) is 0 Å². The van der Waals surface area contributed by atoms with Crippen LogP contribution in [0.15, 0.2) is 65.5 Å². The van der Waals surface area contributed by atoms with Crippen LogP contribution in [-0.4, -0.2) is 16.7 Å². The van der Waals surface area contributed by atoms with E-state index in [1.807, 2.05) is 54.6 Å². The minimum atomic E-state index is -0.163. The summed E-state index contributed by atoms with van der Waals surface area (Å²) in [4.78, 5) is 17.2. The van der Waals surface area contributed by atoms with Crippen molar-refractivity contribution in [3.63, 3.8) is 0 Å².